The van der Waals surface area contributed by atoms with Gasteiger partial charge in [-0.15, -0.1) is 0 Å². The van der Waals surface area contributed by atoms with Crippen LogP contribution in [0.25, 0.3) is 0 Å². The molecule has 4 rings (SSSR count). The van der Waals surface area contributed by atoms with Gasteiger partial charge in [0.05, 0.1) is 27.2 Å². The van der Waals surface area contributed by atoms with E-state index in [1.54, 1.807) is 27.4 Å². The van der Waals surface area contributed by atoms with Gasteiger partial charge in [-0.3, -0.25) is 9.59 Å². The quantitative estimate of drug-likeness (QED) is 0.693. The van der Waals surface area contributed by atoms with Crippen molar-refractivity contribution in [3.63, 3.8) is 0 Å². The van der Waals surface area contributed by atoms with Crippen molar-refractivity contribution in [2.75, 3.05) is 32.8 Å². The van der Waals surface area contributed by atoms with Gasteiger partial charge in [0.25, 0.3) is 0 Å². The second-order valence-electron chi connectivity index (χ2n) is 8.60. The van der Waals surface area contributed by atoms with Crippen LogP contribution in [0.5, 0.6) is 17.2 Å². The maximum Gasteiger partial charge on any atom is 0.230 e. The number of fused-ring (bicyclic) bond motifs is 1. The van der Waals surface area contributed by atoms with Crippen LogP contribution in [-0.4, -0.2) is 39.7 Å². The molecular weight excluding hydrogens is 420 g/mol. The van der Waals surface area contributed by atoms with Gasteiger partial charge >= 0.3 is 0 Å². The molecule has 1 fully saturated rings. The lowest BCUT2D eigenvalue weighted by molar-refractivity contribution is -0.135. The molecule has 2 atom stereocenters. The molecule has 7 nitrogen and oxygen atoms in total. The fourth-order valence-electron chi connectivity index (χ4n) is 5.05. The Kier molecular flexibility index (Phi) is 7.06. The summed E-state index contributed by atoms with van der Waals surface area (Å²) in [5.41, 5.74) is 2.97. The van der Waals surface area contributed by atoms with E-state index in [1.807, 2.05) is 29.2 Å². The summed E-state index contributed by atoms with van der Waals surface area (Å²) in [4.78, 5) is 28.6. The lowest BCUT2D eigenvalue weighted by Crippen LogP contribution is -2.45. The molecule has 1 heterocycles. The minimum atomic E-state index is -0.329. The molecular formula is C26H32N2O5. The number of ether oxygens (including phenoxy) is 3. The lowest BCUT2D eigenvalue weighted by atomic mass is 9.77. The van der Waals surface area contributed by atoms with Crippen LogP contribution in [0.4, 0.5) is 5.69 Å². The van der Waals surface area contributed by atoms with Gasteiger partial charge < -0.3 is 24.4 Å². The third-order valence-corrected chi connectivity index (χ3v) is 6.81. The topological polar surface area (TPSA) is 77.1 Å². The molecule has 0 radical (unpaired) electrons. The first kappa shape index (κ1) is 23.0. The van der Waals surface area contributed by atoms with E-state index >= 15 is 0 Å². The molecule has 2 aromatic rings. The Hall–Kier alpha value is -3.22. The van der Waals surface area contributed by atoms with E-state index in [4.69, 9.17) is 14.2 Å². The molecule has 0 bridgehead atoms. The molecule has 0 aromatic heterocycles. The molecule has 0 spiro atoms. The van der Waals surface area contributed by atoms with Crippen molar-refractivity contribution in [2.24, 2.45) is 11.8 Å². The summed E-state index contributed by atoms with van der Waals surface area (Å²) in [5.74, 6) is 1.11. The third kappa shape index (κ3) is 4.63. The van der Waals surface area contributed by atoms with Crippen LogP contribution in [0.15, 0.2) is 36.4 Å². The van der Waals surface area contributed by atoms with Crippen molar-refractivity contribution in [1.82, 2.24) is 5.32 Å². The SMILES string of the molecule is COc1cc(OC)c(OC)cc1CNC(=O)C1CCCCC1C(=O)N1CCc2ccccc21. The molecule has 0 saturated heterocycles. The predicted octanol–water partition coefficient (Wildman–Crippen LogP) is 3.72. The Morgan fingerprint density at radius 1 is 0.939 bits per heavy atom. The first-order valence-corrected chi connectivity index (χ1v) is 11.5. The highest BCUT2D eigenvalue weighted by Crippen LogP contribution is 2.37. The summed E-state index contributed by atoms with van der Waals surface area (Å²) in [6, 6.07) is 11.6. The van der Waals surface area contributed by atoms with Gasteiger partial charge in [-0.2, -0.15) is 0 Å². The Bertz CT molecular complexity index is 1020. The summed E-state index contributed by atoms with van der Waals surface area (Å²) in [6.07, 6.45) is 4.26. The van der Waals surface area contributed by atoms with Gasteiger partial charge in [0, 0.05) is 36.3 Å². The average Bonchev–Trinajstić information content (AvgIpc) is 3.30. The van der Waals surface area contributed by atoms with Crippen LogP contribution in [0.2, 0.25) is 0 Å². The number of rotatable bonds is 7. The van der Waals surface area contributed by atoms with Crippen molar-refractivity contribution < 1.29 is 23.8 Å². The molecule has 1 aliphatic heterocycles. The van der Waals surface area contributed by atoms with Crippen LogP contribution < -0.4 is 24.4 Å². The monoisotopic (exact) mass is 452 g/mol. The smallest absolute Gasteiger partial charge is 0.230 e. The highest BCUT2D eigenvalue weighted by atomic mass is 16.5. The minimum Gasteiger partial charge on any atom is -0.496 e. The van der Waals surface area contributed by atoms with E-state index in [9.17, 15) is 9.59 Å². The predicted molar refractivity (Wildman–Crippen MR) is 126 cm³/mol. The van der Waals surface area contributed by atoms with Crippen molar-refractivity contribution >= 4 is 17.5 Å². The fourth-order valence-corrected chi connectivity index (χ4v) is 5.05. The number of benzene rings is 2. The molecule has 2 unspecified atom stereocenters. The van der Waals surface area contributed by atoms with Gasteiger partial charge in [-0.25, -0.2) is 0 Å². The van der Waals surface area contributed by atoms with Gasteiger partial charge in [0.1, 0.15) is 5.75 Å². The number of carbonyl (C=O) groups is 2. The summed E-state index contributed by atoms with van der Waals surface area (Å²) < 4.78 is 16.2. The van der Waals surface area contributed by atoms with Crippen LogP contribution in [-0.2, 0) is 22.6 Å². The highest BCUT2D eigenvalue weighted by molar-refractivity contribution is 5.99. The van der Waals surface area contributed by atoms with Crippen LogP contribution in [0.1, 0.15) is 36.8 Å². The number of nitrogens with zero attached hydrogens (tertiary/aromatic N) is 1. The number of nitrogens with one attached hydrogen (secondary N) is 1. The Labute approximate surface area is 195 Å². The molecule has 2 aromatic carbocycles. The van der Waals surface area contributed by atoms with Crippen LogP contribution >= 0.6 is 0 Å². The summed E-state index contributed by atoms with van der Waals surface area (Å²) in [5, 5.41) is 3.04. The molecule has 33 heavy (non-hydrogen) atoms. The fraction of sp³-hybridized carbons (Fsp3) is 0.462. The molecule has 1 N–H and O–H groups in total. The maximum absolute atomic E-state index is 13.5. The third-order valence-electron chi connectivity index (χ3n) is 6.81. The van der Waals surface area contributed by atoms with Crippen LogP contribution in [0, 0.1) is 11.8 Å². The van der Waals surface area contributed by atoms with E-state index < -0.39 is 0 Å². The van der Waals surface area contributed by atoms with E-state index in [-0.39, 0.29) is 30.2 Å². The van der Waals surface area contributed by atoms with E-state index in [0.29, 0.717) is 23.8 Å². The standard InChI is InChI=1S/C26H32N2O5/c1-31-22-15-24(33-3)23(32-2)14-18(22)16-27-25(29)19-9-5-6-10-20(19)26(30)28-13-12-17-8-4-7-11-21(17)28/h4,7-8,11,14-15,19-20H,5-6,9-10,12-13,16H2,1-3H3,(H,27,29). The zero-order valence-corrected chi connectivity index (χ0v) is 19.6. The first-order chi connectivity index (χ1) is 16.1. The summed E-state index contributed by atoms with van der Waals surface area (Å²) in [6.45, 7) is 0.970. The lowest BCUT2D eigenvalue weighted by Gasteiger charge is -2.32. The molecule has 176 valence electrons. The van der Waals surface area contributed by atoms with Crippen LogP contribution in [0.3, 0.4) is 0 Å². The van der Waals surface area contributed by atoms with Gasteiger partial charge in [0.15, 0.2) is 11.5 Å². The Morgan fingerprint density at radius 3 is 2.33 bits per heavy atom. The number of hydrogen-bond acceptors (Lipinski definition) is 5. The highest BCUT2D eigenvalue weighted by Gasteiger charge is 2.39. The number of methoxy groups -OCH3 is 3. The largest absolute Gasteiger partial charge is 0.496 e. The summed E-state index contributed by atoms with van der Waals surface area (Å²) >= 11 is 0. The summed E-state index contributed by atoms with van der Waals surface area (Å²) in [7, 11) is 4.72. The zero-order valence-electron chi connectivity index (χ0n) is 19.6. The molecule has 1 saturated carbocycles. The number of amides is 2. The Balaban J connectivity index is 1.48. The molecule has 2 amide bonds. The number of anilines is 1. The average molecular weight is 453 g/mol. The molecule has 7 heteroatoms. The van der Waals surface area contributed by atoms with Crippen molar-refractivity contribution in [1.29, 1.82) is 0 Å². The normalized spacial score (nSPS) is 19.5. The van der Waals surface area contributed by atoms with E-state index in [1.165, 1.54) is 5.56 Å². The zero-order chi connectivity index (χ0) is 23.4. The maximum atomic E-state index is 13.5. The number of para-hydroxylation sites is 1. The van der Waals surface area contributed by atoms with Crippen molar-refractivity contribution in [3.8, 4) is 17.2 Å². The van der Waals surface area contributed by atoms with Gasteiger partial charge in [-0.1, -0.05) is 31.0 Å². The van der Waals surface area contributed by atoms with Gasteiger partial charge in [-0.05, 0) is 37.0 Å². The second-order valence-corrected chi connectivity index (χ2v) is 8.60. The number of hydrogen-bond donors (Lipinski definition) is 1. The minimum absolute atomic E-state index is 0.0727. The Morgan fingerprint density at radius 2 is 1.61 bits per heavy atom. The van der Waals surface area contributed by atoms with Gasteiger partial charge in [0.2, 0.25) is 11.8 Å². The first-order valence-electron chi connectivity index (χ1n) is 11.5. The van der Waals surface area contributed by atoms with E-state index in [2.05, 4.69) is 11.4 Å². The number of carbonyl (C=O) groups excluding carboxylic acids is 2. The second kappa shape index (κ2) is 10.1. The van der Waals surface area contributed by atoms with Crippen molar-refractivity contribution in [2.45, 2.75) is 38.6 Å². The van der Waals surface area contributed by atoms with Crippen molar-refractivity contribution in [3.05, 3.63) is 47.5 Å². The van der Waals surface area contributed by atoms with E-state index in [0.717, 1.165) is 43.4 Å². The molecule has 2 aliphatic rings. The molecule has 1 aliphatic carbocycles.